The number of hydrogen-bond donors (Lipinski definition) is 3. The number of allylic oxidation sites excluding steroid dienone is 7. The zero-order valence-corrected chi connectivity index (χ0v) is 54.5. The van der Waals surface area contributed by atoms with Crippen LogP contribution in [0.1, 0.15) is 393 Å². The predicted molar refractivity (Wildman–Crippen MR) is 356 cm³/mol. The van der Waals surface area contributed by atoms with Gasteiger partial charge in [-0.3, -0.25) is 9.59 Å². The van der Waals surface area contributed by atoms with Crippen molar-refractivity contribution < 1.29 is 24.5 Å². The van der Waals surface area contributed by atoms with Crippen LogP contribution in [0, 0.1) is 0 Å². The molecule has 476 valence electrons. The Morgan fingerprint density at radius 3 is 1.00 bits per heavy atom. The third-order valence-electron chi connectivity index (χ3n) is 16.8. The molecule has 6 heteroatoms. The molecular weight excluding hydrogens is 995 g/mol. The summed E-state index contributed by atoms with van der Waals surface area (Å²) in [7, 11) is 0. The Labute approximate surface area is 506 Å². The lowest BCUT2D eigenvalue weighted by Gasteiger charge is -2.20. The van der Waals surface area contributed by atoms with Gasteiger partial charge in [-0.05, 0) is 83.5 Å². The molecule has 0 aromatic carbocycles. The normalized spacial score (nSPS) is 12.8. The Morgan fingerprint density at radius 2 is 0.642 bits per heavy atom. The molecule has 0 radical (unpaired) electrons. The van der Waals surface area contributed by atoms with Crippen molar-refractivity contribution >= 4 is 11.9 Å². The number of carbonyl (C=O) groups excluding carboxylic acids is 2. The maximum Gasteiger partial charge on any atom is 0.305 e. The highest BCUT2D eigenvalue weighted by Gasteiger charge is 2.18. The average molecular weight is 1140 g/mol. The molecule has 3 N–H and O–H groups in total. The monoisotopic (exact) mass is 1140 g/mol. The quantitative estimate of drug-likeness (QED) is 0.0320. The van der Waals surface area contributed by atoms with Crippen LogP contribution in [0.15, 0.2) is 48.6 Å². The summed E-state index contributed by atoms with van der Waals surface area (Å²) in [5.41, 5.74) is 0. The predicted octanol–water partition coefficient (Wildman–Crippen LogP) is 23.6. The molecular formula is C75H141NO5. The highest BCUT2D eigenvalue weighted by molar-refractivity contribution is 5.76. The zero-order valence-electron chi connectivity index (χ0n) is 54.5. The van der Waals surface area contributed by atoms with E-state index >= 15 is 0 Å². The van der Waals surface area contributed by atoms with E-state index in [1.807, 2.05) is 6.08 Å². The van der Waals surface area contributed by atoms with Crippen molar-refractivity contribution in [3.05, 3.63) is 48.6 Å². The number of aliphatic hydroxyl groups excluding tert-OH is 2. The van der Waals surface area contributed by atoms with Crippen molar-refractivity contribution in [2.45, 2.75) is 405 Å². The Hall–Kier alpha value is -2.18. The molecule has 0 bridgehead atoms. The van der Waals surface area contributed by atoms with Crippen molar-refractivity contribution in [3.8, 4) is 0 Å². The van der Waals surface area contributed by atoms with Crippen molar-refractivity contribution in [3.63, 3.8) is 0 Å². The SMILES string of the molecule is CCC/C=C\C/C=C\CCCCCCCC(=O)OCCCCCCCCCCCCCCCCCCCC/C=C\CCCCCCCCCCCCCCCCCCCC(=O)NC(CO)C(O)/C=C/CCCCCCCCCCCC. The summed E-state index contributed by atoms with van der Waals surface area (Å²) in [6, 6.07) is -0.624. The molecule has 0 saturated carbocycles. The Morgan fingerprint density at radius 1 is 0.346 bits per heavy atom. The molecule has 0 rings (SSSR count). The second kappa shape index (κ2) is 70.3. The van der Waals surface area contributed by atoms with Crippen LogP contribution in [0.4, 0.5) is 0 Å². The first kappa shape index (κ1) is 78.8. The van der Waals surface area contributed by atoms with E-state index in [1.54, 1.807) is 6.08 Å². The van der Waals surface area contributed by atoms with Gasteiger partial charge in [0.2, 0.25) is 5.91 Å². The summed E-state index contributed by atoms with van der Waals surface area (Å²) in [6.45, 7) is 4.85. The molecule has 0 aromatic heterocycles. The van der Waals surface area contributed by atoms with Crippen molar-refractivity contribution in [1.82, 2.24) is 5.32 Å². The number of nitrogens with one attached hydrogen (secondary N) is 1. The van der Waals surface area contributed by atoms with Crippen LogP contribution in [0.5, 0.6) is 0 Å². The van der Waals surface area contributed by atoms with Crippen molar-refractivity contribution in [2.24, 2.45) is 0 Å². The summed E-state index contributed by atoms with van der Waals surface area (Å²) < 4.78 is 5.48. The number of aliphatic hydroxyl groups is 2. The number of rotatable bonds is 68. The third-order valence-corrected chi connectivity index (χ3v) is 16.8. The van der Waals surface area contributed by atoms with Gasteiger partial charge in [-0.15, -0.1) is 0 Å². The lowest BCUT2D eigenvalue weighted by molar-refractivity contribution is -0.143. The third kappa shape index (κ3) is 66.8. The van der Waals surface area contributed by atoms with Crippen molar-refractivity contribution in [2.75, 3.05) is 13.2 Å². The van der Waals surface area contributed by atoms with Crippen LogP contribution in [0.3, 0.4) is 0 Å². The Kier molecular flexibility index (Phi) is 68.4. The van der Waals surface area contributed by atoms with Crippen LogP contribution < -0.4 is 5.32 Å². The molecule has 0 saturated heterocycles. The number of hydrogen-bond acceptors (Lipinski definition) is 5. The van der Waals surface area contributed by atoms with Crippen LogP contribution in [0.25, 0.3) is 0 Å². The first-order chi connectivity index (χ1) is 40.0. The summed E-state index contributed by atoms with van der Waals surface area (Å²) >= 11 is 0. The van der Waals surface area contributed by atoms with Gasteiger partial charge in [0.05, 0.1) is 25.4 Å². The van der Waals surface area contributed by atoms with Crippen molar-refractivity contribution in [1.29, 1.82) is 0 Å². The molecule has 1 amide bonds. The highest BCUT2D eigenvalue weighted by atomic mass is 16.5. The van der Waals surface area contributed by atoms with Gasteiger partial charge in [0.1, 0.15) is 0 Å². The first-order valence-corrected chi connectivity index (χ1v) is 36.4. The van der Waals surface area contributed by atoms with E-state index in [4.69, 9.17) is 4.74 Å². The lowest BCUT2D eigenvalue weighted by Crippen LogP contribution is -2.45. The topological polar surface area (TPSA) is 95.9 Å². The van der Waals surface area contributed by atoms with Gasteiger partial charge in [-0.2, -0.15) is 0 Å². The van der Waals surface area contributed by atoms with Crippen LogP contribution in [0.2, 0.25) is 0 Å². The van der Waals surface area contributed by atoms with Gasteiger partial charge in [0.25, 0.3) is 0 Å². The molecule has 0 heterocycles. The van der Waals surface area contributed by atoms with E-state index in [0.717, 1.165) is 51.4 Å². The molecule has 2 atom stereocenters. The zero-order chi connectivity index (χ0) is 58.5. The fraction of sp³-hybridized carbons (Fsp3) is 0.867. The van der Waals surface area contributed by atoms with Gasteiger partial charge in [-0.25, -0.2) is 0 Å². The second-order valence-corrected chi connectivity index (χ2v) is 24.9. The van der Waals surface area contributed by atoms with Crippen LogP contribution in [-0.2, 0) is 14.3 Å². The summed E-state index contributed by atoms with van der Waals surface area (Å²) in [5, 5.41) is 23.1. The fourth-order valence-electron chi connectivity index (χ4n) is 11.3. The molecule has 0 aliphatic rings. The van der Waals surface area contributed by atoms with Gasteiger partial charge in [0.15, 0.2) is 0 Å². The molecule has 0 aliphatic heterocycles. The second-order valence-electron chi connectivity index (χ2n) is 24.9. The number of unbranched alkanes of at least 4 members (excludes halogenated alkanes) is 51. The Balaban J connectivity index is 3.32. The minimum absolute atomic E-state index is 0.00683. The standard InChI is InChI=1S/C75H141NO5/c1-3-5-7-9-11-13-15-44-49-53-57-61-65-69-75(80)81-70-66-62-58-54-50-46-43-41-39-37-35-33-31-29-27-25-23-21-19-17-18-20-22-24-26-28-30-32-34-36-38-40-42-45-48-52-56-60-64-68-74(79)76-72(71-77)73(78)67-63-59-55-51-47-16-14-12-10-8-6-4-2/h7,9,13,15,17-18,63,67,72-73,77-78H,3-6,8,10-12,14,16,19-62,64-66,68-71H2,1-2H3,(H,76,79)/b9-7-,15-13-,18-17-,67-63+. The number of carbonyl (C=O) groups is 2. The van der Waals surface area contributed by atoms with Gasteiger partial charge in [0, 0.05) is 12.8 Å². The lowest BCUT2D eigenvalue weighted by atomic mass is 10.0. The minimum Gasteiger partial charge on any atom is -0.466 e. The maximum absolute atomic E-state index is 12.5. The number of esters is 1. The highest BCUT2D eigenvalue weighted by Crippen LogP contribution is 2.19. The number of amides is 1. The fourth-order valence-corrected chi connectivity index (χ4v) is 11.3. The summed E-state index contributed by atoms with van der Waals surface area (Å²) in [4.78, 5) is 24.5. The maximum atomic E-state index is 12.5. The van der Waals surface area contributed by atoms with E-state index in [9.17, 15) is 19.8 Å². The molecule has 81 heavy (non-hydrogen) atoms. The molecule has 0 aromatic rings. The summed E-state index contributed by atoms with van der Waals surface area (Å²) in [6.07, 6.45) is 92.3. The van der Waals surface area contributed by atoms with E-state index in [2.05, 4.69) is 55.6 Å². The van der Waals surface area contributed by atoms with Crippen LogP contribution >= 0.6 is 0 Å². The minimum atomic E-state index is -0.840. The van der Waals surface area contributed by atoms with E-state index < -0.39 is 12.1 Å². The van der Waals surface area contributed by atoms with E-state index in [1.165, 1.54) is 315 Å². The molecule has 0 aliphatic carbocycles. The molecule has 0 fully saturated rings. The Bertz CT molecular complexity index is 1360. The largest absolute Gasteiger partial charge is 0.466 e. The van der Waals surface area contributed by atoms with Gasteiger partial charge >= 0.3 is 5.97 Å². The van der Waals surface area contributed by atoms with Crippen LogP contribution in [-0.4, -0.2) is 47.4 Å². The molecule has 0 spiro atoms. The average Bonchev–Trinajstić information content (AvgIpc) is 3.47. The van der Waals surface area contributed by atoms with Gasteiger partial charge < -0.3 is 20.3 Å². The van der Waals surface area contributed by atoms with E-state index in [-0.39, 0.29) is 18.5 Å². The number of ether oxygens (including phenoxy) is 1. The first-order valence-electron chi connectivity index (χ1n) is 36.4. The summed E-state index contributed by atoms with van der Waals surface area (Å²) in [5.74, 6) is -0.0562. The van der Waals surface area contributed by atoms with E-state index in [0.29, 0.717) is 19.4 Å². The smallest absolute Gasteiger partial charge is 0.305 e. The molecule has 2 unspecified atom stereocenters. The van der Waals surface area contributed by atoms with Gasteiger partial charge in [-0.1, -0.05) is 345 Å². The molecule has 6 nitrogen and oxygen atoms in total.